The average molecular weight is 205 g/mol. The lowest BCUT2D eigenvalue weighted by molar-refractivity contribution is 0.404. The SMILES string of the molecule is CNC(C)CC(C)(C)c1ccccc1C. The van der Waals surface area contributed by atoms with Gasteiger partial charge in [0, 0.05) is 6.04 Å². The first-order valence-corrected chi connectivity index (χ1v) is 5.71. The average Bonchev–Trinajstić information content (AvgIpc) is 2.17. The van der Waals surface area contributed by atoms with E-state index in [1.807, 2.05) is 7.05 Å². The molecule has 0 spiro atoms. The molecule has 0 aliphatic rings. The van der Waals surface area contributed by atoms with Crippen molar-refractivity contribution in [2.75, 3.05) is 7.05 Å². The van der Waals surface area contributed by atoms with Crippen molar-refractivity contribution in [3.63, 3.8) is 0 Å². The molecule has 0 radical (unpaired) electrons. The smallest absolute Gasteiger partial charge is 0.00440 e. The summed E-state index contributed by atoms with van der Waals surface area (Å²) in [5.41, 5.74) is 3.10. The van der Waals surface area contributed by atoms with Crippen molar-refractivity contribution in [3.05, 3.63) is 35.4 Å². The zero-order valence-corrected chi connectivity index (χ0v) is 10.6. The Kier molecular flexibility index (Phi) is 3.92. The Labute approximate surface area is 93.9 Å². The lowest BCUT2D eigenvalue weighted by atomic mass is 9.77. The van der Waals surface area contributed by atoms with Crippen LogP contribution in [-0.2, 0) is 5.41 Å². The van der Waals surface area contributed by atoms with Crippen LogP contribution in [0.15, 0.2) is 24.3 Å². The van der Waals surface area contributed by atoms with Crippen LogP contribution in [0.1, 0.15) is 38.3 Å². The van der Waals surface area contributed by atoms with Gasteiger partial charge in [0.05, 0.1) is 0 Å². The van der Waals surface area contributed by atoms with Crippen molar-refractivity contribution in [3.8, 4) is 0 Å². The molecule has 1 atom stereocenters. The predicted molar refractivity (Wildman–Crippen MR) is 67.3 cm³/mol. The summed E-state index contributed by atoms with van der Waals surface area (Å²) >= 11 is 0. The van der Waals surface area contributed by atoms with E-state index in [1.54, 1.807) is 0 Å². The van der Waals surface area contributed by atoms with Gasteiger partial charge in [-0.1, -0.05) is 38.1 Å². The lowest BCUT2D eigenvalue weighted by Gasteiger charge is -2.30. The Morgan fingerprint density at radius 2 is 1.87 bits per heavy atom. The molecule has 15 heavy (non-hydrogen) atoms. The highest BCUT2D eigenvalue weighted by atomic mass is 14.9. The van der Waals surface area contributed by atoms with E-state index in [0.717, 1.165) is 6.42 Å². The third-order valence-corrected chi connectivity index (χ3v) is 3.18. The van der Waals surface area contributed by atoms with Crippen molar-refractivity contribution in [1.82, 2.24) is 5.32 Å². The van der Waals surface area contributed by atoms with Gasteiger partial charge in [0.25, 0.3) is 0 Å². The molecule has 0 aliphatic heterocycles. The highest BCUT2D eigenvalue weighted by molar-refractivity contribution is 5.32. The van der Waals surface area contributed by atoms with E-state index >= 15 is 0 Å². The van der Waals surface area contributed by atoms with E-state index in [9.17, 15) is 0 Å². The summed E-state index contributed by atoms with van der Waals surface area (Å²) in [6.07, 6.45) is 1.16. The Bertz CT molecular complexity index is 315. The van der Waals surface area contributed by atoms with Gasteiger partial charge in [-0.25, -0.2) is 0 Å². The Hall–Kier alpha value is -0.820. The van der Waals surface area contributed by atoms with E-state index in [1.165, 1.54) is 11.1 Å². The van der Waals surface area contributed by atoms with Crippen LogP contribution in [-0.4, -0.2) is 13.1 Å². The molecule has 0 amide bonds. The van der Waals surface area contributed by atoms with Crippen molar-refractivity contribution >= 4 is 0 Å². The largest absolute Gasteiger partial charge is 0.317 e. The Morgan fingerprint density at radius 3 is 2.40 bits per heavy atom. The second-order valence-electron chi connectivity index (χ2n) is 5.09. The van der Waals surface area contributed by atoms with Crippen molar-refractivity contribution < 1.29 is 0 Å². The normalized spacial score (nSPS) is 13.9. The van der Waals surface area contributed by atoms with E-state index in [-0.39, 0.29) is 5.41 Å². The fourth-order valence-electron chi connectivity index (χ4n) is 2.31. The first-order valence-electron chi connectivity index (χ1n) is 5.71. The zero-order chi connectivity index (χ0) is 11.5. The minimum atomic E-state index is 0.244. The highest BCUT2D eigenvalue weighted by Gasteiger charge is 2.23. The summed E-state index contributed by atoms with van der Waals surface area (Å²) in [5, 5.41) is 3.31. The van der Waals surface area contributed by atoms with Crippen LogP contribution < -0.4 is 5.32 Å². The summed E-state index contributed by atoms with van der Waals surface area (Å²) in [6.45, 7) is 9.08. The number of aryl methyl sites for hydroxylation is 1. The van der Waals surface area contributed by atoms with Gasteiger partial charge in [-0.3, -0.25) is 0 Å². The first kappa shape index (κ1) is 12.3. The van der Waals surface area contributed by atoms with Crippen LogP contribution in [0.5, 0.6) is 0 Å². The molecular weight excluding hydrogens is 182 g/mol. The number of benzene rings is 1. The van der Waals surface area contributed by atoms with Gasteiger partial charge in [0.2, 0.25) is 0 Å². The summed E-state index contributed by atoms with van der Waals surface area (Å²) in [6, 6.07) is 9.24. The maximum atomic E-state index is 3.31. The van der Waals surface area contributed by atoms with Gasteiger partial charge >= 0.3 is 0 Å². The summed E-state index contributed by atoms with van der Waals surface area (Å²) < 4.78 is 0. The quantitative estimate of drug-likeness (QED) is 0.795. The van der Waals surface area contributed by atoms with Gasteiger partial charge in [0.1, 0.15) is 0 Å². The predicted octanol–water partition coefficient (Wildman–Crippen LogP) is 3.27. The molecule has 0 fully saturated rings. The molecule has 1 unspecified atom stereocenters. The van der Waals surface area contributed by atoms with Gasteiger partial charge in [0.15, 0.2) is 0 Å². The highest BCUT2D eigenvalue weighted by Crippen LogP contribution is 2.30. The van der Waals surface area contributed by atoms with E-state index in [0.29, 0.717) is 6.04 Å². The Balaban J connectivity index is 2.90. The van der Waals surface area contributed by atoms with Crippen LogP contribution in [0.25, 0.3) is 0 Å². The molecule has 1 heteroatoms. The standard InChI is InChI=1S/C14H23N/c1-11-8-6-7-9-13(11)14(3,4)10-12(2)15-5/h6-9,12,15H,10H2,1-5H3. The van der Waals surface area contributed by atoms with Crippen LogP contribution in [0, 0.1) is 6.92 Å². The lowest BCUT2D eigenvalue weighted by Crippen LogP contribution is -2.31. The summed E-state index contributed by atoms with van der Waals surface area (Å²) in [4.78, 5) is 0. The molecule has 1 nitrogen and oxygen atoms in total. The van der Waals surface area contributed by atoms with Crippen LogP contribution in [0.3, 0.4) is 0 Å². The van der Waals surface area contributed by atoms with E-state index < -0.39 is 0 Å². The fraction of sp³-hybridized carbons (Fsp3) is 0.571. The topological polar surface area (TPSA) is 12.0 Å². The van der Waals surface area contributed by atoms with Crippen molar-refractivity contribution in [2.24, 2.45) is 0 Å². The maximum absolute atomic E-state index is 3.31. The third kappa shape index (κ3) is 3.07. The molecule has 1 rings (SSSR count). The van der Waals surface area contributed by atoms with Gasteiger partial charge in [-0.15, -0.1) is 0 Å². The zero-order valence-electron chi connectivity index (χ0n) is 10.6. The maximum Gasteiger partial charge on any atom is 0.00440 e. The molecule has 0 saturated heterocycles. The number of nitrogens with one attached hydrogen (secondary N) is 1. The third-order valence-electron chi connectivity index (χ3n) is 3.18. The van der Waals surface area contributed by atoms with Crippen molar-refractivity contribution in [2.45, 2.75) is 45.6 Å². The van der Waals surface area contributed by atoms with Gasteiger partial charge in [-0.2, -0.15) is 0 Å². The minimum Gasteiger partial charge on any atom is -0.317 e. The van der Waals surface area contributed by atoms with Crippen LogP contribution in [0.4, 0.5) is 0 Å². The second kappa shape index (κ2) is 4.80. The summed E-state index contributed by atoms with van der Waals surface area (Å²) in [5.74, 6) is 0. The molecule has 1 aromatic rings. The minimum absolute atomic E-state index is 0.244. The molecule has 0 bridgehead atoms. The summed E-state index contributed by atoms with van der Waals surface area (Å²) in [7, 11) is 2.03. The van der Waals surface area contributed by atoms with Crippen LogP contribution >= 0.6 is 0 Å². The van der Waals surface area contributed by atoms with Gasteiger partial charge < -0.3 is 5.32 Å². The molecule has 0 aliphatic carbocycles. The van der Waals surface area contributed by atoms with Crippen LogP contribution in [0.2, 0.25) is 0 Å². The van der Waals surface area contributed by atoms with Gasteiger partial charge in [-0.05, 0) is 43.9 Å². The van der Waals surface area contributed by atoms with Crippen molar-refractivity contribution in [1.29, 1.82) is 0 Å². The van der Waals surface area contributed by atoms with E-state index in [2.05, 4.69) is 57.3 Å². The number of rotatable bonds is 4. The molecule has 0 aromatic heterocycles. The number of hydrogen-bond acceptors (Lipinski definition) is 1. The molecule has 0 heterocycles. The first-order chi connectivity index (χ1) is 6.97. The molecule has 0 saturated carbocycles. The number of hydrogen-bond donors (Lipinski definition) is 1. The molecule has 1 N–H and O–H groups in total. The monoisotopic (exact) mass is 205 g/mol. The Morgan fingerprint density at radius 1 is 1.27 bits per heavy atom. The molecule has 84 valence electrons. The second-order valence-corrected chi connectivity index (χ2v) is 5.09. The fourth-order valence-corrected chi connectivity index (χ4v) is 2.31. The molecular formula is C14H23N. The molecule has 1 aromatic carbocycles. The van der Waals surface area contributed by atoms with E-state index in [4.69, 9.17) is 0 Å².